The summed E-state index contributed by atoms with van der Waals surface area (Å²) in [6.07, 6.45) is 6.36. The molecule has 3 unspecified atom stereocenters. The Morgan fingerprint density at radius 1 is 1.23 bits per heavy atom. The van der Waals surface area contributed by atoms with E-state index >= 15 is 0 Å². The number of amides is 1. The van der Waals surface area contributed by atoms with Crippen LogP contribution in [0.5, 0.6) is 0 Å². The molecular formula is C24H24N8O3. The average molecular weight is 476 g/mol. The molecule has 5 heterocycles. The first-order valence-electron chi connectivity index (χ1n) is 12.8. The molecule has 3 atom stereocenters. The summed E-state index contributed by atoms with van der Waals surface area (Å²) in [7, 11) is 0. The molecule has 1 saturated heterocycles. The monoisotopic (exact) mass is 475 g/mol. The highest BCUT2D eigenvalue weighted by atomic mass is 16.5. The molecule has 4 aromatic rings. The molecular weight excluding hydrogens is 448 g/mol. The topological polar surface area (TPSA) is 127 Å². The average Bonchev–Trinajstić information content (AvgIpc) is 3.47. The number of fused-ring (bicyclic) bond motifs is 2. The van der Waals surface area contributed by atoms with Crippen LogP contribution in [0.1, 0.15) is 27.4 Å². The number of hydrogen-bond acceptors (Lipinski definition) is 8. The van der Waals surface area contributed by atoms with Gasteiger partial charge in [-0.1, -0.05) is 6.07 Å². The summed E-state index contributed by atoms with van der Waals surface area (Å²) in [5, 5.41) is 12.8. The highest BCUT2D eigenvalue weighted by Crippen LogP contribution is 2.38. The van der Waals surface area contributed by atoms with Crippen LogP contribution in [0.15, 0.2) is 59.8 Å². The van der Waals surface area contributed by atoms with Crippen molar-refractivity contribution in [1.82, 2.24) is 29.5 Å². The molecule has 0 aromatic carbocycles. The Kier molecular flexibility index (Phi) is 4.41. The van der Waals surface area contributed by atoms with E-state index in [9.17, 15) is 9.59 Å². The molecule has 35 heavy (non-hydrogen) atoms. The lowest BCUT2D eigenvalue weighted by Gasteiger charge is -2.39. The number of pyridine rings is 2. The van der Waals surface area contributed by atoms with Gasteiger partial charge in [0.15, 0.2) is 17.2 Å². The fraction of sp³-hybridized carbons (Fsp3) is 0.292. The van der Waals surface area contributed by atoms with Gasteiger partial charge in [0.1, 0.15) is 11.5 Å². The number of rotatable bonds is 6. The summed E-state index contributed by atoms with van der Waals surface area (Å²) in [5.74, 6) is 0.632. The number of imidazole rings is 1. The minimum Gasteiger partial charge on any atom is -0.385 e. The van der Waals surface area contributed by atoms with Gasteiger partial charge in [-0.15, -0.1) is 5.10 Å². The van der Waals surface area contributed by atoms with Crippen LogP contribution in [0, 0.1) is 5.92 Å². The Morgan fingerprint density at radius 2 is 2.17 bits per heavy atom. The third-order valence-corrected chi connectivity index (χ3v) is 6.47. The first kappa shape index (κ1) is 18.1. The Balaban J connectivity index is 1.35. The van der Waals surface area contributed by atoms with Crippen LogP contribution >= 0.6 is 0 Å². The number of ether oxygens (including phenoxy) is 1. The van der Waals surface area contributed by atoms with Crippen molar-refractivity contribution in [1.29, 1.82) is 0 Å². The van der Waals surface area contributed by atoms with Crippen molar-refractivity contribution in [3.05, 3.63) is 71.0 Å². The summed E-state index contributed by atoms with van der Waals surface area (Å²) in [5.41, 5.74) is 0.176. The lowest BCUT2D eigenvalue weighted by molar-refractivity contribution is -0.000686. The molecule has 0 radical (unpaired) electrons. The van der Waals surface area contributed by atoms with Crippen LogP contribution in [0.2, 0.25) is 0 Å². The van der Waals surface area contributed by atoms with Crippen molar-refractivity contribution in [2.75, 3.05) is 24.2 Å². The van der Waals surface area contributed by atoms with Crippen LogP contribution in [0.3, 0.4) is 0 Å². The molecule has 1 aliphatic heterocycles. The van der Waals surface area contributed by atoms with Gasteiger partial charge in [-0.25, -0.2) is 14.5 Å². The van der Waals surface area contributed by atoms with Crippen LogP contribution in [-0.2, 0) is 4.74 Å². The van der Waals surface area contributed by atoms with Gasteiger partial charge in [-0.05, 0) is 43.0 Å². The van der Waals surface area contributed by atoms with Gasteiger partial charge >= 0.3 is 0 Å². The lowest BCUT2D eigenvalue weighted by Crippen LogP contribution is -2.54. The summed E-state index contributed by atoms with van der Waals surface area (Å²) >= 11 is 0. The number of carbonyl (C=O) groups is 1. The van der Waals surface area contributed by atoms with E-state index in [1.165, 1.54) is 21.3 Å². The Bertz CT molecular complexity index is 1570. The molecule has 1 saturated carbocycles. The van der Waals surface area contributed by atoms with Gasteiger partial charge in [-0.2, -0.15) is 0 Å². The molecule has 2 fully saturated rings. The minimum absolute atomic E-state index is 0.00969. The molecule has 11 heteroatoms. The lowest BCUT2D eigenvalue weighted by atomic mass is 9.77. The number of nitrogens with zero attached hydrogens (tertiary/aromatic N) is 5. The first-order valence-corrected chi connectivity index (χ1v) is 11.3. The number of nitrogens with one attached hydrogen (secondary N) is 3. The van der Waals surface area contributed by atoms with Crippen molar-refractivity contribution in [3.8, 4) is 5.82 Å². The highest BCUT2D eigenvalue weighted by Gasteiger charge is 2.46. The fourth-order valence-corrected chi connectivity index (χ4v) is 4.68. The van der Waals surface area contributed by atoms with Gasteiger partial charge in [0.2, 0.25) is 0 Å². The second-order valence-corrected chi connectivity index (χ2v) is 8.56. The predicted octanol–water partition coefficient (Wildman–Crippen LogP) is 1.97. The SMILES string of the molecule is [2H]C([2H])([2H])Nc1cc(Nc2cccn(-c3ccccn3)c2=O)nn2c(C(=O)NC3CC4CCOC43)cnc12. The Morgan fingerprint density at radius 3 is 3.00 bits per heavy atom. The maximum absolute atomic E-state index is 13.2. The van der Waals surface area contributed by atoms with Gasteiger partial charge in [0.25, 0.3) is 11.5 Å². The standard InChI is InChI=1S/C24H24N8O3/c1-25-17-12-19(28-15-5-4-9-31(24(15)34)20-6-2-3-8-26-20)30-32-18(13-27-22(17)32)23(33)29-16-11-14-7-10-35-21(14)16/h2-6,8-9,12-14,16,21,25H,7,10-11H2,1H3,(H,28,30)(H,29,33)/i1D3. The molecule has 3 N–H and O–H groups in total. The third-order valence-electron chi connectivity index (χ3n) is 6.47. The molecule has 1 aliphatic carbocycles. The maximum Gasteiger partial charge on any atom is 0.279 e. The first-order chi connectivity index (χ1) is 18.3. The van der Waals surface area contributed by atoms with Crippen LogP contribution in [-0.4, -0.2) is 55.8 Å². The van der Waals surface area contributed by atoms with Crippen LogP contribution < -0.4 is 21.5 Å². The maximum atomic E-state index is 13.2. The van der Waals surface area contributed by atoms with Crippen molar-refractivity contribution < 1.29 is 13.6 Å². The molecule has 2 aliphatic rings. The fourth-order valence-electron chi connectivity index (χ4n) is 4.68. The van der Waals surface area contributed by atoms with E-state index in [2.05, 4.69) is 31.0 Å². The Hall–Kier alpha value is -4.25. The van der Waals surface area contributed by atoms with E-state index in [1.54, 1.807) is 42.7 Å². The molecule has 4 aromatic heterocycles. The second kappa shape index (κ2) is 8.51. The van der Waals surface area contributed by atoms with E-state index in [0.717, 1.165) is 12.8 Å². The van der Waals surface area contributed by atoms with E-state index in [1.807, 2.05) is 0 Å². The summed E-state index contributed by atoms with van der Waals surface area (Å²) in [6.45, 7) is -1.84. The largest absolute Gasteiger partial charge is 0.385 e. The van der Waals surface area contributed by atoms with E-state index in [0.29, 0.717) is 18.3 Å². The highest BCUT2D eigenvalue weighted by molar-refractivity contribution is 5.94. The predicted molar refractivity (Wildman–Crippen MR) is 129 cm³/mol. The van der Waals surface area contributed by atoms with Crippen molar-refractivity contribution in [3.63, 3.8) is 0 Å². The van der Waals surface area contributed by atoms with E-state index < -0.39 is 18.4 Å². The molecule has 11 nitrogen and oxygen atoms in total. The number of hydrogen-bond donors (Lipinski definition) is 3. The smallest absolute Gasteiger partial charge is 0.279 e. The quantitative estimate of drug-likeness (QED) is 0.386. The molecule has 1 amide bonds. The summed E-state index contributed by atoms with van der Waals surface area (Å²) in [4.78, 5) is 34.8. The Labute approximate surface area is 204 Å². The molecule has 0 spiro atoms. The number of aromatic nitrogens is 5. The third kappa shape index (κ3) is 3.69. The summed E-state index contributed by atoms with van der Waals surface area (Å²) in [6, 6.07) is 9.79. The van der Waals surface area contributed by atoms with Gasteiger partial charge in [-0.3, -0.25) is 14.2 Å². The normalized spacial score (nSPS) is 22.4. The van der Waals surface area contributed by atoms with Gasteiger partial charge < -0.3 is 20.7 Å². The minimum atomic E-state index is -2.54. The number of anilines is 3. The van der Waals surface area contributed by atoms with Crippen molar-refractivity contribution in [2.45, 2.75) is 25.0 Å². The van der Waals surface area contributed by atoms with Gasteiger partial charge in [0.05, 0.1) is 24.0 Å². The zero-order valence-electron chi connectivity index (χ0n) is 21.5. The zero-order chi connectivity index (χ0) is 26.4. The van der Waals surface area contributed by atoms with Gasteiger partial charge in [0, 0.05) is 36.2 Å². The van der Waals surface area contributed by atoms with E-state index in [-0.39, 0.29) is 40.7 Å². The number of carbonyl (C=O) groups excluding carboxylic acids is 1. The summed E-state index contributed by atoms with van der Waals surface area (Å²) < 4.78 is 31.4. The van der Waals surface area contributed by atoms with Crippen LogP contribution in [0.25, 0.3) is 11.5 Å². The second-order valence-electron chi connectivity index (χ2n) is 8.56. The molecule has 6 rings (SSSR count). The zero-order valence-corrected chi connectivity index (χ0v) is 18.5. The van der Waals surface area contributed by atoms with Crippen molar-refractivity contribution in [2.24, 2.45) is 5.92 Å². The van der Waals surface area contributed by atoms with Crippen LogP contribution in [0.4, 0.5) is 17.2 Å². The molecule has 178 valence electrons. The van der Waals surface area contributed by atoms with Crippen molar-refractivity contribution >= 4 is 28.7 Å². The molecule has 0 bridgehead atoms. The van der Waals surface area contributed by atoms with E-state index in [4.69, 9.17) is 8.85 Å².